The van der Waals surface area contributed by atoms with Crippen LogP contribution >= 0.6 is 0 Å². The zero-order valence-electron chi connectivity index (χ0n) is 9.91. The van der Waals surface area contributed by atoms with E-state index in [0.717, 1.165) is 25.2 Å². The quantitative estimate of drug-likeness (QED) is 0.843. The summed E-state index contributed by atoms with van der Waals surface area (Å²) in [6, 6.07) is 0. The predicted octanol–water partition coefficient (Wildman–Crippen LogP) is 0.987. The molecule has 92 valence electrons. The van der Waals surface area contributed by atoms with Gasteiger partial charge in [-0.05, 0) is 25.9 Å². The Morgan fingerprint density at radius 1 is 1.65 bits per heavy atom. The molecule has 0 aromatic carbocycles. The zero-order valence-corrected chi connectivity index (χ0v) is 9.91. The zero-order chi connectivity index (χ0) is 12.3. The lowest BCUT2D eigenvalue weighted by Gasteiger charge is -2.20. The Kier molecular flexibility index (Phi) is 3.68. The number of nitrogens with zero attached hydrogens (tertiary/aromatic N) is 3. The Morgan fingerprint density at radius 3 is 3.00 bits per heavy atom. The Labute approximate surface area is 100 Å². The summed E-state index contributed by atoms with van der Waals surface area (Å²) >= 11 is 0. The molecular weight excluding hydrogens is 218 g/mol. The molecule has 0 aliphatic carbocycles. The smallest absolute Gasteiger partial charge is 0.304 e. The van der Waals surface area contributed by atoms with E-state index in [1.54, 1.807) is 18.6 Å². The van der Waals surface area contributed by atoms with Crippen molar-refractivity contribution in [3.63, 3.8) is 0 Å². The van der Waals surface area contributed by atoms with E-state index in [1.165, 1.54) is 0 Å². The van der Waals surface area contributed by atoms with Gasteiger partial charge in [0.05, 0.1) is 12.1 Å². The van der Waals surface area contributed by atoms with Crippen LogP contribution in [0.5, 0.6) is 0 Å². The highest BCUT2D eigenvalue weighted by Crippen LogP contribution is 2.32. The molecule has 0 amide bonds. The van der Waals surface area contributed by atoms with Gasteiger partial charge in [0.25, 0.3) is 0 Å². The molecular formula is C12H17N3O2. The number of rotatable bonds is 4. The monoisotopic (exact) mass is 235 g/mol. The van der Waals surface area contributed by atoms with Crippen LogP contribution in [0.15, 0.2) is 18.6 Å². The first-order valence-corrected chi connectivity index (χ1v) is 5.83. The topological polar surface area (TPSA) is 66.3 Å². The summed E-state index contributed by atoms with van der Waals surface area (Å²) in [5.74, 6) is -0.422. The van der Waals surface area contributed by atoms with E-state index in [9.17, 15) is 4.79 Å². The third-order valence-corrected chi connectivity index (χ3v) is 3.35. The summed E-state index contributed by atoms with van der Waals surface area (Å²) in [6.45, 7) is 1.97. The van der Waals surface area contributed by atoms with Crippen molar-refractivity contribution in [3.05, 3.63) is 24.3 Å². The molecule has 1 saturated heterocycles. The van der Waals surface area contributed by atoms with E-state index in [-0.39, 0.29) is 12.3 Å². The van der Waals surface area contributed by atoms with E-state index in [1.807, 2.05) is 0 Å². The summed E-state index contributed by atoms with van der Waals surface area (Å²) in [5.41, 5.74) is 0.801. The van der Waals surface area contributed by atoms with E-state index >= 15 is 0 Å². The van der Waals surface area contributed by atoms with Crippen LogP contribution in [0.4, 0.5) is 0 Å². The highest BCUT2D eigenvalue weighted by atomic mass is 16.4. The highest BCUT2D eigenvalue weighted by Gasteiger charge is 2.31. The standard InChI is InChI=1S/C12H17N3O2/c1-15-5-2-9(8-15)10(6-12(16)17)11-7-13-3-4-14-11/h3-4,7,9-10H,2,5-6,8H2,1H3,(H,16,17). The van der Waals surface area contributed by atoms with Crippen molar-refractivity contribution in [2.45, 2.75) is 18.8 Å². The molecule has 2 rings (SSSR count). The fraction of sp³-hybridized carbons (Fsp3) is 0.583. The van der Waals surface area contributed by atoms with Gasteiger partial charge in [-0.3, -0.25) is 14.8 Å². The maximum absolute atomic E-state index is 11.0. The number of aliphatic carboxylic acids is 1. The summed E-state index contributed by atoms with van der Waals surface area (Å²) in [7, 11) is 2.06. The molecule has 5 nitrogen and oxygen atoms in total. The van der Waals surface area contributed by atoms with Crippen LogP contribution in [0.1, 0.15) is 24.5 Å². The Balaban J connectivity index is 2.16. The molecule has 1 N–H and O–H groups in total. The third-order valence-electron chi connectivity index (χ3n) is 3.35. The summed E-state index contributed by atoms with van der Waals surface area (Å²) in [6.07, 6.45) is 6.10. The van der Waals surface area contributed by atoms with E-state index < -0.39 is 5.97 Å². The minimum atomic E-state index is -0.768. The maximum atomic E-state index is 11.0. The second-order valence-corrected chi connectivity index (χ2v) is 4.65. The number of carbonyl (C=O) groups is 1. The molecule has 5 heteroatoms. The second-order valence-electron chi connectivity index (χ2n) is 4.65. The molecule has 2 atom stereocenters. The number of aromatic nitrogens is 2. The van der Waals surface area contributed by atoms with Crippen molar-refractivity contribution in [1.82, 2.24) is 14.9 Å². The first kappa shape index (κ1) is 12.0. The van der Waals surface area contributed by atoms with Crippen molar-refractivity contribution in [2.24, 2.45) is 5.92 Å². The van der Waals surface area contributed by atoms with Gasteiger partial charge in [-0.25, -0.2) is 0 Å². The summed E-state index contributed by atoms with van der Waals surface area (Å²) < 4.78 is 0. The lowest BCUT2D eigenvalue weighted by atomic mass is 9.86. The molecule has 0 bridgehead atoms. The maximum Gasteiger partial charge on any atom is 0.304 e. The van der Waals surface area contributed by atoms with Crippen molar-refractivity contribution < 1.29 is 9.90 Å². The van der Waals surface area contributed by atoms with Gasteiger partial charge in [0.2, 0.25) is 0 Å². The van der Waals surface area contributed by atoms with Crippen molar-refractivity contribution in [3.8, 4) is 0 Å². The number of hydrogen-bond acceptors (Lipinski definition) is 4. The lowest BCUT2D eigenvalue weighted by Crippen LogP contribution is -2.21. The van der Waals surface area contributed by atoms with Gasteiger partial charge in [-0.15, -0.1) is 0 Å². The Hall–Kier alpha value is -1.49. The van der Waals surface area contributed by atoms with Gasteiger partial charge in [-0.2, -0.15) is 0 Å². The van der Waals surface area contributed by atoms with E-state index in [0.29, 0.717) is 5.92 Å². The van der Waals surface area contributed by atoms with Crippen LogP contribution in [0.2, 0.25) is 0 Å². The van der Waals surface area contributed by atoms with Crippen LogP contribution < -0.4 is 0 Å². The molecule has 1 aromatic rings. The second kappa shape index (κ2) is 5.23. The predicted molar refractivity (Wildman–Crippen MR) is 62.6 cm³/mol. The van der Waals surface area contributed by atoms with Crippen molar-refractivity contribution >= 4 is 5.97 Å². The first-order valence-electron chi connectivity index (χ1n) is 5.83. The summed E-state index contributed by atoms with van der Waals surface area (Å²) in [4.78, 5) is 21.5. The van der Waals surface area contributed by atoms with Crippen LogP contribution in [0.3, 0.4) is 0 Å². The molecule has 0 radical (unpaired) electrons. The Bertz CT molecular complexity index is 383. The van der Waals surface area contributed by atoms with Crippen LogP contribution in [0, 0.1) is 5.92 Å². The van der Waals surface area contributed by atoms with Crippen molar-refractivity contribution in [2.75, 3.05) is 20.1 Å². The minimum absolute atomic E-state index is 0.0221. The average Bonchev–Trinajstić information content (AvgIpc) is 2.73. The molecule has 1 aliphatic heterocycles. The molecule has 1 aliphatic rings. The highest BCUT2D eigenvalue weighted by molar-refractivity contribution is 5.68. The number of carboxylic acids is 1. The lowest BCUT2D eigenvalue weighted by molar-refractivity contribution is -0.137. The molecule has 1 aromatic heterocycles. The first-order chi connectivity index (χ1) is 8.16. The van der Waals surface area contributed by atoms with E-state index in [4.69, 9.17) is 5.11 Å². The van der Waals surface area contributed by atoms with Gasteiger partial charge in [0.1, 0.15) is 0 Å². The molecule has 1 fully saturated rings. The Morgan fingerprint density at radius 2 is 2.47 bits per heavy atom. The van der Waals surface area contributed by atoms with Gasteiger partial charge in [0.15, 0.2) is 0 Å². The largest absolute Gasteiger partial charge is 0.481 e. The van der Waals surface area contributed by atoms with Crippen molar-refractivity contribution in [1.29, 1.82) is 0 Å². The van der Waals surface area contributed by atoms with Crippen LogP contribution in [-0.2, 0) is 4.79 Å². The van der Waals surface area contributed by atoms with Gasteiger partial charge >= 0.3 is 5.97 Å². The fourth-order valence-corrected chi connectivity index (χ4v) is 2.50. The number of hydrogen-bond donors (Lipinski definition) is 1. The molecule has 2 heterocycles. The van der Waals surface area contributed by atoms with E-state index in [2.05, 4.69) is 21.9 Å². The van der Waals surface area contributed by atoms with Crippen LogP contribution in [-0.4, -0.2) is 46.1 Å². The molecule has 2 unspecified atom stereocenters. The van der Waals surface area contributed by atoms with Crippen LogP contribution in [0.25, 0.3) is 0 Å². The van der Waals surface area contributed by atoms with Gasteiger partial charge in [0, 0.05) is 31.1 Å². The normalized spacial score (nSPS) is 22.5. The molecule has 0 spiro atoms. The third kappa shape index (κ3) is 3.00. The number of likely N-dealkylation sites (tertiary alicyclic amines) is 1. The summed E-state index contributed by atoms with van der Waals surface area (Å²) in [5, 5.41) is 9.01. The number of carboxylic acid groups (broad SMARTS) is 1. The van der Waals surface area contributed by atoms with Gasteiger partial charge in [-0.1, -0.05) is 0 Å². The molecule has 17 heavy (non-hydrogen) atoms. The SMILES string of the molecule is CN1CCC(C(CC(=O)O)c2cnccn2)C1. The van der Waals surface area contributed by atoms with Gasteiger partial charge < -0.3 is 10.0 Å². The fourth-order valence-electron chi connectivity index (χ4n) is 2.50. The molecule has 0 saturated carbocycles. The average molecular weight is 235 g/mol. The minimum Gasteiger partial charge on any atom is -0.481 e.